The number of benzene rings is 2. The van der Waals surface area contributed by atoms with E-state index in [0.717, 1.165) is 11.1 Å². The highest BCUT2D eigenvalue weighted by molar-refractivity contribution is 7.14. The molecule has 11 heteroatoms. The smallest absolute Gasteiger partial charge is 0.338 e. The van der Waals surface area contributed by atoms with Crippen molar-refractivity contribution in [2.24, 2.45) is 0 Å². The summed E-state index contributed by atoms with van der Waals surface area (Å²) in [6, 6.07) is 14.1. The third kappa shape index (κ3) is 5.18. The zero-order valence-electron chi connectivity index (χ0n) is 20.7. The van der Waals surface area contributed by atoms with E-state index in [-0.39, 0.29) is 0 Å². The Hall–Kier alpha value is -4.77. The van der Waals surface area contributed by atoms with Gasteiger partial charge in [0.05, 0.1) is 36.5 Å². The second-order valence-corrected chi connectivity index (χ2v) is 9.06. The number of nitrogens with zero attached hydrogens (tertiary/aromatic N) is 3. The first kappa shape index (κ1) is 24.9. The molecule has 0 aliphatic carbocycles. The van der Waals surface area contributed by atoms with Crippen LogP contribution in [0.4, 0.5) is 5.13 Å². The largest absolute Gasteiger partial charge is 0.493 e. The van der Waals surface area contributed by atoms with Crippen molar-refractivity contribution < 1.29 is 23.8 Å². The number of anilines is 1. The van der Waals surface area contributed by atoms with Crippen LogP contribution in [0.1, 0.15) is 17.3 Å². The number of aromatic amines is 1. The number of thiazole rings is 1. The lowest BCUT2D eigenvalue weighted by atomic mass is 10.1. The molecule has 2 N–H and O–H groups in total. The lowest BCUT2D eigenvalue weighted by molar-refractivity contribution is -0.123. The SMILES string of the molecule is COc1ccc(-c2csc(NC(=O)C(C)OC(=O)c3ccc4nc(-c5cccnc5)[nH]c4c3)n2)cc1OC. The van der Waals surface area contributed by atoms with Gasteiger partial charge in [0, 0.05) is 28.9 Å². The number of rotatable bonds is 8. The summed E-state index contributed by atoms with van der Waals surface area (Å²) in [6.07, 6.45) is 2.34. The molecule has 38 heavy (non-hydrogen) atoms. The molecule has 1 amide bonds. The van der Waals surface area contributed by atoms with E-state index in [1.807, 2.05) is 23.6 Å². The van der Waals surface area contributed by atoms with Crippen LogP contribution in [0.2, 0.25) is 0 Å². The lowest BCUT2D eigenvalue weighted by Gasteiger charge is -2.12. The summed E-state index contributed by atoms with van der Waals surface area (Å²) in [4.78, 5) is 41.7. The maximum Gasteiger partial charge on any atom is 0.338 e. The normalized spacial score (nSPS) is 11.7. The number of methoxy groups -OCH3 is 2. The number of aromatic nitrogens is 4. The minimum atomic E-state index is -1.04. The molecule has 0 fully saturated rings. The summed E-state index contributed by atoms with van der Waals surface area (Å²) in [7, 11) is 3.13. The van der Waals surface area contributed by atoms with Gasteiger partial charge in [0.15, 0.2) is 22.7 Å². The number of H-pyrrole nitrogens is 1. The van der Waals surface area contributed by atoms with Crippen molar-refractivity contribution in [3.63, 3.8) is 0 Å². The van der Waals surface area contributed by atoms with Crippen molar-refractivity contribution in [3.8, 4) is 34.1 Å². The van der Waals surface area contributed by atoms with E-state index < -0.39 is 18.0 Å². The van der Waals surface area contributed by atoms with Gasteiger partial charge in [-0.1, -0.05) is 0 Å². The Bertz CT molecular complexity index is 1610. The predicted octanol–water partition coefficient (Wildman–Crippen LogP) is 4.95. The maximum absolute atomic E-state index is 12.8. The number of imidazole rings is 1. The van der Waals surface area contributed by atoms with Crippen LogP contribution in [0.15, 0.2) is 66.3 Å². The molecule has 0 spiro atoms. The average molecular weight is 530 g/mol. The molecule has 0 aliphatic heterocycles. The zero-order valence-corrected chi connectivity index (χ0v) is 21.5. The van der Waals surface area contributed by atoms with Crippen LogP contribution in [-0.4, -0.2) is 52.1 Å². The molecule has 2 aromatic carbocycles. The number of carbonyl (C=O) groups excluding carboxylic acids is 2. The van der Waals surface area contributed by atoms with Crippen LogP contribution < -0.4 is 14.8 Å². The third-order valence-corrected chi connectivity index (χ3v) is 6.48. The Labute approximate surface area is 221 Å². The van der Waals surface area contributed by atoms with E-state index in [1.54, 1.807) is 56.9 Å². The van der Waals surface area contributed by atoms with E-state index in [4.69, 9.17) is 14.2 Å². The predicted molar refractivity (Wildman–Crippen MR) is 143 cm³/mol. The molecular formula is C27H23N5O5S. The van der Waals surface area contributed by atoms with Gasteiger partial charge in [-0.3, -0.25) is 15.1 Å². The number of hydrogen-bond donors (Lipinski definition) is 2. The monoisotopic (exact) mass is 529 g/mol. The first-order valence-corrected chi connectivity index (χ1v) is 12.4. The van der Waals surface area contributed by atoms with Gasteiger partial charge in [-0.2, -0.15) is 0 Å². The summed E-state index contributed by atoms with van der Waals surface area (Å²) in [5.41, 5.74) is 3.95. The van der Waals surface area contributed by atoms with Crippen molar-refractivity contribution in [2.45, 2.75) is 13.0 Å². The van der Waals surface area contributed by atoms with Crippen LogP contribution in [0.5, 0.6) is 11.5 Å². The minimum absolute atomic E-state index is 0.295. The molecule has 5 aromatic rings. The fraction of sp³-hybridized carbons (Fsp3) is 0.148. The average Bonchev–Trinajstić information content (AvgIpc) is 3.60. The summed E-state index contributed by atoms with van der Waals surface area (Å²) in [5, 5.41) is 4.90. The molecule has 1 unspecified atom stereocenters. The van der Waals surface area contributed by atoms with Crippen LogP contribution in [0, 0.1) is 0 Å². The molecule has 10 nitrogen and oxygen atoms in total. The summed E-state index contributed by atoms with van der Waals surface area (Å²) in [6.45, 7) is 1.51. The number of fused-ring (bicyclic) bond motifs is 1. The highest BCUT2D eigenvalue weighted by Gasteiger charge is 2.21. The van der Waals surface area contributed by atoms with Crippen LogP contribution in [0.3, 0.4) is 0 Å². The van der Waals surface area contributed by atoms with Crippen molar-refractivity contribution in [2.75, 3.05) is 19.5 Å². The first-order valence-electron chi connectivity index (χ1n) is 11.5. The van der Waals surface area contributed by atoms with Gasteiger partial charge >= 0.3 is 5.97 Å². The van der Waals surface area contributed by atoms with Crippen LogP contribution in [0.25, 0.3) is 33.7 Å². The van der Waals surface area contributed by atoms with E-state index in [1.165, 1.54) is 18.3 Å². The third-order valence-electron chi connectivity index (χ3n) is 5.72. The van der Waals surface area contributed by atoms with Crippen molar-refractivity contribution in [1.82, 2.24) is 19.9 Å². The minimum Gasteiger partial charge on any atom is -0.493 e. The van der Waals surface area contributed by atoms with Gasteiger partial charge in [-0.05, 0) is 55.5 Å². The van der Waals surface area contributed by atoms with Gasteiger partial charge in [0.1, 0.15) is 5.82 Å². The Morgan fingerprint density at radius 1 is 1.00 bits per heavy atom. The summed E-state index contributed by atoms with van der Waals surface area (Å²) >= 11 is 1.26. The van der Waals surface area contributed by atoms with Crippen LogP contribution in [-0.2, 0) is 9.53 Å². The topological polar surface area (TPSA) is 128 Å². The second-order valence-electron chi connectivity index (χ2n) is 8.20. The van der Waals surface area contributed by atoms with Gasteiger partial charge in [-0.25, -0.2) is 14.8 Å². The standard InChI is InChI=1S/C27H23N5O5S/c1-15(25(33)32-27-31-21(14-38-27)16-7-9-22(35-2)23(12-16)36-3)37-26(34)17-6-8-19-20(11-17)30-24(29-19)18-5-4-10-28-13-18/h4-15H,1-3H3,(H,29,30)(H,31,32,33). The Balaban J connectivity index is 1.23. The number of carbonyl (C=O) groups is 2. The van der Waals surface area contributed by atoms with Gasteiger partial charge in [0.2, 0.25) is 0 Å². The highest BCUT2D eigenvalue weighted by Crippen LogP contribution is 2.33. The molecular weight excluding hydrogens is 506 g/mol. The molecule has 0 saturated carbocycles. The molecule has 0 saturated heterocycles. The highest BCUT2D eigenvalue weighted by atomic mass is 32.1. The number of nitrogens with one attached hydrogen (secondary N) is 2. The Morgan fingerprint density at radius 3 is 2.61 bits per heavy atom. The number of amides is 1. The summed E-state index contributed by atoms with van der Waals surface area (Å²) in [5.74, 6) is 0.703. The van der Waals surface area contributed by atoms with E-state index >= 15 is 0 Å². The van der Waals surface area contributed by atoms with E-state index in [2.05, 4.69) is 25.3 Å². The van der Waals surface area contributed by atoms with Gasteiger partial charge in [0.25, 0.3) is 5.91 Å². The summed E-state index contributed by atoms with van der Waals surface area (Å²) < 4.78 is 16.0. The second kappa shape index (κ2) is 10.7. The molecule has 0 radical (unpaired) electrons. The molecule has 0 bridgehead atoms. The maximum atomic E-state index is 12.8. The Morgan fingerprint density at radius 2 is 1.84 bits per heavy atom. The molecule has 3 heterocycles. The van der Waals surface area contributed by atoms with Crippen molar-refractivity contribution in [3.05, 3.63) is 71.9 Å². The van der Waals surface area contributed by atoms with E-state index in [9.17, 15) is 9.59 Å². The van der Waals surface area contributed by atoms with Crippen molar-refractivity contribution >= 4 is 39.4 Å². The number of pyridine rings is 1. The number of ether oxygens (including phenoxy) is 3. The molecule has 1 atom stereocenters. The molecule has 192 valence electrons. The lowest BCUT2D eigenvalue weighted by Crippen LogP contribution is -2.29. The Kier molecular flexibility index (Phi) is 7.00. The molecule has 5 rings (SSSR count). The zero-order chi connectivity index (χ0) is 26.6. The van der Waals surface area contributed by atoms with E-state index in [0.29, 0.717) is 44.7 Å². The van der Waals surface area contributed by atoms with Crippen LogP contribution >= 0.6 is 11.3 Å². The number of hydrogen-bond acceptors (Lipinski definition) is 9. The fourth-order valence-electron chi connectivity index (χ4n) is 3.72. The van der Waals surface area contributed by atoms with Gasteiger partial charge < -0.3 is 19.2 Å². The van der Waals surface area contributed by atoms with Gasteiger partial charge in [-0.15, -0.1) is 11.3 Å². The first-order chi connectivity index (χ1) is 18.4. The number of esters is 1. The molecule has 3 aromatic heterocycles. The fourth-order valence-corrected chi connectivity index (χ4v) is 4.45. The quantitative estimate of drug-likeness (QED) is 0.270. The van der Waals surface area contributed by atoms with Crippen molar-refractivity contribution in [1.29, 1.82) is 0 Å². The molecule has 0 aliphatic rings.